The quantitative estimate of drug-likeness (QED) is 0.514. The Morgan fingerprint density at radius 2 is 1.63 bits per heavy atom. The highest BCUT2D eigenvalue weighted by atomic mass is 32.2. The van der Waals surface area contributed by atoms with Crippen LogP contribution in [0.25, 0.3) is 11.1 Å². The summed E-state index contributed by atoms with van der Waals surface area (Å²) in [6.07, 6.45) is 0. The van der Waals surface area contributed by atoms with Crippen LogP contribution < -0.4 is 5.32 Å². The van der Waals surface area contributed by atoms with E-state index in [9.17, 15) is 4.79 Å². The van der Waals surface area contributed by atoms with Gasteiger partial charge in [-0.3, -0.25) is 4.79 Å². The maximum absolute atomic E-state index is 10.6. The van der Waals surface area contributed by atoms with Gasteiger partial charge in [-0.15, -0.1) is 11.8 Å². The van der Waals surface area contributed by atoms with Gasteiger partial charge in [0.15, 0.2) is 0 Å². The standard InChI is InChI=1S/C23H23NO2S/c1-16-5-3-4-6-21(16)22-13-18(8-7-17(22)2)14-24-19-9-11-20(12-10-19)27-15-23(25)26/h3-13,24H,14-15H2,1-2H3,(H,25,26). The number of hydrogen-bond acceptors (Lipinski definition) is 3. The second-order valence-corrected chi connectivity index (χ2v) is 7.57. The smallest absolute Gasteiger partial charge is 0.313 e. The Kier molecular flexibility index (Phi) is 6.20. The van der Waals surface area contributed by atoms with Crippen LogP contribution in [0.2, 0.25) is 0 Å². The first kappa shape index (κ1) is 19.1. The van der Waals surface area contributed by atoms with Crippen LogP contribution in [0, 0.1) is 13.8 Å². The number of nitrogens with one attached hydrogen (secondary N) is 1. The van der Waals surface area contributed by atoms with Gasteiger partial charge in [-0.25, -0.2) is 0 Å². The lowest BCUT2D eigenvalue weighted by Crippen LogP contribution is -2.00. The van der Waals surface area contributed by atoms with Crippen LogP contribution in [0.3, 0.4) is 0 Å². The maximum Gasteiger partial charge on any atom is 0.313 e. The van der Waals surface area contributed by atoms with E-state index in [0.717, 1.165) is 17.1 Å². The molecule has 0 heterocycles. The van der Waals surface area contributed by atoms with Gasteiger partial charge in [0.05, 0.1) is 5.75 Å². The Hall–Kier alpha value is -2.72. The third-order valence-corrected chi connectivity index (χ3v) is 5.45. The number of benzene rings is 3. The third kappa shape index (κ3) is 5.14. The molecule has 0 spiro atoms. The zero-order valence-corrected chi connectivity index (χ0v) is 16.3. The molecule has 27 heavy (non-hydrogen) atoms. The van der Waals surface area contributed by atoms with E-state index < -0.39 is 5.97 Å². The van der Waals surface area contributed by atoms with Gasteiger partial charge in [0.2, 0.25) is 0 Å². The molecule has 0 fully saturated rings. The highest BCUT2D eigenvalue weighted by molar-refractivity contribution is 8.00. The number of carbonyl (C=O) groups is 1. The first-order valence-electron chi connectivity index (χ1n) is 8.87. The van der Waals surface area contributed by atoms with Crippen molar-refractivity contribution in [3.8, 4) is 11.1 Å². The van der Waals surface area contributed by atoms with Crippen molar-refractivity contribution in [3.05, 3.63) is 83.4 Å². The summed E-state index contributed by atoms with van der Waals surface area (Å²) in [5.41, 5.74) is 7.34. The van der Waals surface area contributed by atoms with E-state index in [2.05, 4.69) is 61.6 Å². The molecule has 2 N–H and O–H groups in total. The van der Waals surface area contributed by atoms with Crippen molar-refractivity contribution < 1.29 is 9.90 Å². The molecule has 0 bridgehead atoms. The van der Waals surface area contributed by atoms with Crippen LogP contribution in [0.4, 0.5) is 5.69 Å². The summed E-state index contributed by atoms with van der Waals surface area (Å²) in [5.74, 6) is -0.719. The largest absolute Gasteiger partial charge is 0.481 e. The van der Waals surface area contributed by atoms with Crippen LogP contribution in [-0.2, 0) is 11.3 Å². The summed E-state index contributed by atoms with van der Waals surface area (Å²) in [5, 5.41) is 12.2. The van der Waals surface area contributed by atoms with E-state index in [4.69, 9.17) is 5.11 Å². The van der Waals surface area contributed by atoms with E-state index in [1.165, 1.54) is 39.6 Å². The molecule has 0 saturated carbocycles. The molecule has 138 valence electrons. The van der Waals surface area contributed by atoms with Gasteiger partial charge in [0, 0.05) is 17.1 Å². The summed E-state index contributed by atoms with van der Waals surface area (Å²) >= 11 is 1.33. The van der Waals surface area contributed by atoms with Gasteiger partial charge in [-0.1, -0.05) is 36.4 Å². The van der Waals surface area contributed by atoms with Crippen LogP contribution in [-0.4, -0.2) is 16.8 Å². The average Bonchev–Trinajstić information content (AvgIpc) is 2.67. The first-order valence-corrected chi connectivity index (χ1v) is 9.85. The van der Waals surface area contributed by atoms with E-state index in [0.29, 0.717) is 0 Å². The minimum absolute atomic E-state index is 0.0812. The highest BCUT2D eigenvalue weighted by Crippen LogP contribution is 2.28. The van der Waals surface area contributed by atoms with E-state index in [1.54, 1.807) is 0 Å². The number of aryl methyl sites for hydroxylation is 2. The van der Waals surface area contributed by atoms with E-state index in [-0.39, 0.29) is 5.75 Å². The molecule has 0 amide bonds. The topological polar surface area (TPSA) is 49.3 Å². The normalized spacial score (nSPS) is 10.6. The number of carboxylic acid groups (broad SMARTS) is 1. The fraction of sp³-hybridized carbons (Fsp3) is 0.174. The summed E-state index contributed by atoms with van der Waals surface area (Å²) in [6.45, 7) is 5.02. The van der Waals surface area contributed by atoms with Gasteiger partial charge in [0.1, 0.15) is 0 Å². The Balaban J connectivity index is 1.69. The molecular weight excluding hydrogens is 354 g/mol. The summed E-state index contributed by atoms with van der Waals surface area (Å²) < 4.78 is 0. The van der Waals surface area contributed by atoms with Crippen molar-refractivity contribution in [1.82, 2.24) is 0 Å². The first-order chi connectivity index (χ1) is 13.0. The molecule has 3 nitrogen and oxygen atoms in total. The molecule has 0 aromatic heterocycles. The van der Waals surface area contributed by atoms with Gasteiger partial charge in [-0.2, -0.15) is 0 Å². The number of carboxylic acids is 1. The molecule has 0 atom stereocenters. The second kappa shape index (κ2) is 8.78. The minimum atomic E-state index is -0.800. The fourth-order valence-electron chi connectivity index (χ4n) is 2.96. The lowest BCUT2D eigenvalue weighted by molar-refractivity contribution is -0.133. The van der Waals surface area contributed by atoms with Gasteiger partial charge in [-0.05, 0) is 72.0 Å². The van der Waals surface area contributed by atoms with Crippen molar-refractivity contribution in [3.63, 3.8) is 0 Å². The van der Waals surface area contributed by atoms with Gasteiger partial charge in [0.25, 0.3) is 0 Å². The molecule has 0 unspecified atom stereocenters. The predicted molar refractivity (Wildman–Crippen MR) is 113 cm³/mol. The van der Waals surface area contributed by atoms with Crippen LogP contribution in [0.15, 0.2) is 71.6 Å². The average molecular weight is 378 g/mol. The Morgan fingerprint density at radius 3 is 2.33 bits per heavy atom. The molecule has 0 radical (unpaired) electrons. The maximum atomic E-state index is 10.6. The molecule has 0 aliphatic heterocycles. The lowest BCUT2D eigenvalue weighted by atomic mass is 9.95. The Labute approximate surface area is 164 Å². The summed E-state index contributed by atoms with van der Waals surface area (Å²) in [7, 11) is 0. The van der Waals surface area contributed by atoms with Gasteiger partial charge < -0.3 is 10.4 Å². The molecule has 0 aliphatic rings. The van der Waals surface area contributed by atoms with Crippen molar-refractivity contribution in [2.45, 2.75) is 25.3 Å². The van der Waals surface area contributed by atoms with Crippen molar-refractivity contribution in [2.24, 2.45) is 0 Å². The third-order valence-electron chi connectivity index (χ3n) is 4.45. The summed E-state index contributed by atoms with van der Waals surface area (Å²) in [4.78, 5) is 11.6. The molecule has 0 saturated heterocycles. The second-order valence-electron chi connectivity index (χ2n) is 6.52. The van der Waals surface area contributed by atoms with Crippen molar-refractivity contribution >= 4 is 23.4 Å². The molecule has 0 aliphatic carbocycles. The fourth-order valence-corrected chi connectivity index (χ4v) is 3.58. The van der Waals surface area contributed by atoms with Gasteiger partial charge >= 0.3 is 5.97 Å². The monoisotopic (exact) mass is 377 g/mol. The predicted octanol–water partition coefficient (Wildman–Crippen LogP) is 5.76. The SMILES string of the molecule is Cc1ccccc1-c1cc(CNc2ccc(SCC(=O)O)cc2)ccc1C. The Bertz CT molecular complexity index is 935. The zero-order valence-electron chi connectivity index (χ0n) is 15.5. The number of aliphatic carboxylic acids is 1. The molecule has 3 rings (SSSR count). The number of hydrogen-bond donors (Lipinski definition) is 2. The highest BCUT2D eigenvalue weighted by Gasteiger charge is 2.06. The number of rotatable bonds is 7. The molecule has 3 aromatic carbocycles. The van der Waals surface area contributed by atoms with Crippen LogP contribution >= 0.6 is 11.8 Å². The zero-order chi connectivity index (χ0) is 19.2. The van der Waals surface area contributed by atoms with Crippen LogP contribution in [0.5, 0.6) is 0 Å². The molecular formula is C23H23NO2S. The van der Waals surface area contributed by atoms with Crippen LogP contribution in [0.1, 0.15) is 16.7 Å². The van der Waals surface area contributed by atoms with E-state index in [1.807, 2.05) is 24.3 Å². The minimum Gasteiger partial charge on any atom is -0.481 e. The van der Waals surface area contributed by atoms with E-state index >= 15 is 0 Å². The lowest BCUT2D eigenvalue weighted by Gasteiger charge is -2.13. The van der Waals surface area contributed by atoms with Crippen molar-refractivity contribution in [1.29, 1.82) is 0 Å². The molecule has 4 heteroatoms. The number of thioether (sulfide) groups is 1. The number of anilines is 1. The van der Waals surface area contributed by atoms with Crippen molar-refractivity contribution in [2.75, 3.05) is 11.1 Å². The summed E-state index contributed by atoms with van der Waals surface area (Å²) in [6, 6.07) is 22.9. The molecule has 3 aromatic rings. The Morgan fingerprint density at radius 1 is 0.926 bits per heavy atom.